The Hall–Kier alpha value is -0.890. The SMILES string of the molecule is CC(NC1CCCC(C2CC2)C1)c1ccccc1F. The molecule has 3 atom stereocenters. The van der Waals surface area contributed by atoms with Crippen LogP contribution in [0, 0.1) is 17.7 Å². The lowest BCUT2D eigenvalue weighted by atomic mass is 9.82. The van der Waals surface area contributed by atoms with Gasteiger partial charge in [0.2, 0.25) is 0 Å². The van der Waals surface area contributed by atoms with E-state index in [1.54, 1.807) is 12.1 Å². The lowest BCUT2D eigenvalue weighted by Crippen LogP contribution is -2.36. The number of hydrogen-bond acceptors (Lipinski definition) is 1. The van der Waals surface area contributed by atoms with Crippen LogP contribution in [0.3, 0.4) is 0 Å². The molecule has 104 valence electrons. The molecule has 0 aromatic heterocycles. The highest BCUT2D eigenvalue weighted by molar-refractivity contribution is 5.20. The molecule has 0 aliphatic heterocycles. The quantitative estimate of drug-likeness (QED) is 0.844. The molecule has 2 aliphatic rings. The summed E-state index contributed by atoms with van der Waals surface area (Å²) in [6, 6.07) is 7.83. The van der Waals surface area contributed by atoms with Gasteiger partial charge in [0.25, 0.3) is 0 Å². The Morgan fingerprint density at radius 3 is 2.63 bits per heavy atom. The molecule has 2 saturated carbocycles. The summed E-state index contributed by atoms with van der Waals surface area (Å²) in [7, 11) is 0. The largest absolute Gasteiger partial charge is 0.307 e. The van der Waals surface area contributed by atoms with Crippen molar-refractivity contribution in [2.45, 2.75) is 57.5 Å². The molecule has 3 rings (SSSR count). The van der Waals surface area contributed by atoms with Crippen LogP contribution in [0.25, 0.3) is 0 Å². The van der Waals surface area contributed by atoms with Gasteiger partial charge in [-0.15, -0.1) is 0 Å². The molecule has 0 amide bonds. The van der Waals surface area contributed by atoms with Crippen LogP contribution in [0.5, 0.6) is 0 Å². The van der Waals surface area contributed by atoms with E-state index in [9.17, 15) is 4.39 Å². The van der Waals surface area contributed by atoms with Gasteiger partial charge < -0.3 is 5.32 Å². The van der Waals surface area contributed by atoms with E-state index in [2.05, 4.69) is 12.2 Å². The average molecular weight is 261 g/mol. The monoisotopic (exact) mass is 261 g/mol. The summed E-state index contributed by atoms with van der Waals surface area (Å²) >= 11 is 0. The van der Waals surface area contributed by atoms with Crippen molar-refractivity contribution in [3.63, 3.8) is 0 Å². The van der Waals surface area contributed by atoms with Gasteiger partial charge in [-0.05, 0) is 50.5 Å². The predicted molar refractivity (Wildman–Crippen MR) is 76.4 cm³/mol. The summed E-state index contributed by atoms with van der Waals surface area (Å²) in [5.74, 6) is 1.85. The van der Waals surface area contributed by atoms with Gasteiger partial charge in [-0.3, -0.25) is 0 Å². The Bertz CT molecular complexity index is 427. The summed E-state index contributed by atoms with van der Waals surface area (Å²) in [5.41, 5.74) is 0.802. The average Bonchev–Trinajstić information content (AvgIpc) is 3.24. The fourth-order valence-corrected chi connectivity index (χ4v) is 3.64. The highest BCUT2D eigenvalue weighted by atomic mass is 19.1. The molecule has 2 aliphatic carbocycles. The predicted octanol–water partition coefficient (Wildman–Crippen LogP) is 4.45. The van der Waals surface area contributed by atoms with E-state index in [1.807, 2.05) is 12.1 Å². The third kappa shape index (κ3) is 3.17. The second-order valence-corrected chi connectivity index (χ2v) is 6.37. The Morgan fingerprint density at radius 1 is 1.11 bits per heavy atom. The third-order valence-electron chi connectivity index (χ3n) is 4.86. The molecular weight excluding hydrogens is 237 g/mol. The molecule has 2 fully saturated rings. The number of nitrogens with one attached hydrogen (secondary N) is 1. The van der Waals surface area contributed by atoms with Crippen LogP contribution in [0.2, 0.25) is 0 Å². The molecule has 1 aromatic carbocycles. The van der Waals surface area contributed by atoms with E-state index in [-0.39, 0.29) is 11.9 Å². The number of halogens is 1. The molecule has 2 heteroatoms. The normalized spacial score (nSPS) is 29.2. The Labute approximate surface area is 115 Å². The first kappa shape index (κ1) is 13.1. The van der Waals surface area contributed by atoms with E-state index >= 15 is 0 Å². The maximum Gasteiger partial charge on any atom is 0.127 e. The molecule has 19 heavy (non-hydrogen) atoms. The molecule has 0 bridgehead atoms. The lowest BCUT2D eigenvalue weighted by Gasteiger charge is -2.32. The summed E-state index contributed by atoms with van der Waals surface area (Å²) in [6.07, 6.45) is 8.19. The Morgan fingerprint density at radius 2 is 1.89 bits per heavy atom. The maximum atomic E-state index is 13.8. The molecule has 0 heterocycles. The first-order valence-electron chi connectivity index (χ1n) is 7.74. The first-order chi connectivity index (χ1) is 9.24. The van der Waals surface area contributed by atoms with Crippen molar-refractivity contribution < 1.29 is 4.39 Å². The molecular formula is C17H24FN. The number of rotatable bonds is 4. The Balaban J connectivity index is 1.59. The zero-order valence-electron chi connectivity index (χ0n) is 11.7. The molecule has 1 N–H and O–H groups in total. The second-order valence-electron chi connectivity index (χ2n) is 6.37. The van der Waals surface area contributed by atoms with Crippen LogP contribution < -0.4 is 5.32 Å². The standard InChI is InChI=1S/C17H24FN/c1-12(16-7-2-3-8-17(16)18)19-15-6-4-5-14(11-15)13-9-10-13/h2-3,7-8,12-15,19H,4-6,9-11H2,1H3. The minimum Gasteiger partial charge on any atom is -0.307 e. The fraction of sp³-hybridized carbons (Fsp3) is 0.647. The molecule has 0 radical (unpaired) electrons. The van der Waals surface area contributed by atoms with Gasteiger partial charge >= 0.3 is 0 Å². The zero-order valence-corrected chi connectivity index (χ0v) is 11.7. The maximum absolute atomic E-state index is 13.8. The molecule has 0 saturated heterocycles. The summed E-state index contributed by atoms with van der Waals surface area (Å²) < 4.78 is 13.8. The van der Waals surface area contributed by atoms with Gasteiger partial charge in [0, 0.05) is 17.6 Å². The van der Waals surface area contributed by atoms with Gasteiger partial charge in [0.05, 0.1) is 0 Å². The van der Waals surface area contributed by atoms with Crippen molar-refractivity contribution in [2.24, 2.45) is 11.8 Å². The van der Waals surface area contributed by atoms with Crippen molar-refractivity contribution >= 4 is 0 Å². The van der Waals surface area contributed by atoms with Gasteiger partial charge in [-0.2, -0.15) is 0 Å². The summed E-state index contributed by atoms with van der Waals surface area (Å²) in [4.78, 5) is 0. The van der Waals surface area contributed by atoms with Crippen LogP contribution in [0.4, 0.5) is 4.39 Å². The van der Waals surface area contributed by atoms with Gasteiger partial charge in [-0.1, -0.05) is 31.0 Å². The topological polar surface area (TPSA) is 12.0 Å². The van der Waals surface area contributed by atoms with E-state index < -0.39 is 0 Å². The molecule has 3 unspecified atom stereocenters. The second kappa shape index (κ2) is 5.62. The van der Waals surface area contributed by atoms with Crippen LogP contribution >= 0.6 is 0 Å². The Kier molecular flexibility index (Phi) is 3.88. The fourth-order valence-electron chi connectivity index (χ4n) is 3.64. The van der Waals surface area contributed by atoms with Crippen LogP contribution in [0.15, 0.2) is 24.3 Å². The molecule has 1 aromatic rings. The molecule has 0 spiro atoms. The number of benzene rings is 1. The minimum absolute atomic E-state index is 0.0861. The van der Waals surface area contributed by atoms with E-state index in [0.717, 1.165) is 17.4 Å². The van der Waals surface area contributed by atoms with Crippen molar-refractivity contribution in [1.29, 1.82) is 0 Å². The summed E-state index contributed by atoms with van der Waals surface area (Å²) in [5, 5.41) is 3.65. The van der Waals surface area contributed by atoms with Crippen LogP contribution in [-0.4, -0.2) is 6.04 Å². The third-order valence-corrected chi connectivity index (χ3v) is 4.86. The first-order valence-corrected chi connectivity index (χ1v) is 7.74. The van der Waals surface area contributed by atoms with E-state index in [0.29, 0.717) is 6.04 Å². The van der Waals surface area contributed by atoms with Gasteiger partial charge in [0.15, 0.2) is 0 Å². The van der Waals surface area contributed by atoms with Crippen molar-refractivity contribution in [3.8, 4) is 0 Å². The van der Waals surface area contributed by atoms with E-state index in [4.69, 9.17) is 0 Å². The van der Waals surface area contributed by atoms with E-state index in [1.165, 1.54) is 38.5 Å². The van der Waals surface area contributed by atoms with Gasteiger partial charge in [0.1, 0.15) is 5.82 Å². The minimum atomic E-state index is -0.0861. The van der Waals surface area contributed by atoms with Crippen LogP contribution in [-0.2, 0) is 0 Å². The summed E-state index contributed by atoms with van der Waals surface area (Å²) in [6.45, 7) is 2.08. The van der Waals surface area contributed by atoms with Crippen molar-refractivity contribution in [2.75, 3.05) is 0 Å². The van der Waals surface area contributed by atoms with Crippen molar-refractivity contribution in [1.82, 2.24) is 5.32 Å². The lowest BCUT2D eigenvalue weighted by molar-refractivity contribution is 0.248. The van der Waals surface area contributed by atoms with Crippen molar-refractivity contribution in [3.05, 3.63) is 35.6 Å². The van der Waals surface area contributed by atoms with Crippen LogP contribution in [0.1, 0.15) is 57.1 Å². The highest BCUT2D eigenvalue weighted by Crippen LogP contribution is 2.44. The number of hydrogen-bond donors (Lipinski definition) is 1. The highest BCUT2D eigenvalue weighted by Gasteiger charge is 2.34. The smallest absolute Gasteiger partial charge is 0.127 e. The zero-order chi connectivity index (χ0) is 13.2. The molecule has 1 nitrogen and oxygen atoms in total. The van der Waals surface area contributed by atoms with Gasteiger partial charge in [-0.25, -0.2) is 4.39 Å².